The highest BCUT2D eigenvalue weighted by Gasteiger charge is 2.43. The van der Waals surface area contributed by atoms with Crippen LogP contribution >= 0.6 is 0 Å². The summed E-state index contributed by atoms with van der Waals surface area (Å²) in [6, 6.07) is -0.644. The van der Waals surface area contributed by atoms with E-state index in [4.69, 9.17) is 0 Å². The monoisotopic (exact) mass is 330 g/mol. The molecular formula is C10H4F10O. The highest BCUT2D eigenvalue weighted by molar-refractivity contribution is 5.37. The van der Waals surface area contributed by atoms with E-state index in [1.807, 2.05) is 0 Å². The minimum Gasteiger partial charge on any atom is -0.452 e. The zero-order valence-electron chi connectivity index (χ0n) is 9.50. The van der Waals surface area contributed by atoms with Crippen LogP contribution in [0.25, 0.3) is 0 Å². The van der Waals surface area contributed by atoms with E-state index < -0.39 is 41.8 Å². The van der Waals surface area contributed by atoms with Crippen LogP contribution in [-0.4, -0.2) is 12.5 Å². The SMILES string of the molecule is FC(Oc1cc(C(F)(F)F)cc(C(F)(F)F)c1)C(F)(F)F. The molecule has 1 aromatic carbocycles. The standard InChI is InChI=1S/C10H4F10O/c11-7(10(18,19)20)21-6-2-4(8(12,13)14)1-5(3-6)9(15,16)17/h1-3,7H. The molecule has 1 rings (SSSR count). The van der Waals surface area contributed by atoms with Crippen LogP contribution in [0.3, 0.4) is 0 Å². The van der Waals surface area contributed by atoms with Gasteiger partial charge in [-0.3, -0.25) is 0 Å². The maximum atomic E-state index is 12.5. The van der Waals surface area contributed by atoms with Crippen molar-refractivity contribution < 1.29 is 48.6 Å². The van der Waals surface area contributed by atoms with E-state index in [1.54, 1.807) is 0 Å². The largest absolute Gasteiger partial charge is 0.457 e. The highest BCUT2D eigenvalue weighted by atomic mass is 19.4. The van der Waals surface area contributed by atoms with Crippen LogP contribution in [0.2, 0.25) is 0 Å². The molecule has 0 amide bonds. The van der Waals surface area contributed by atoms with Crippen LogP contribution < -0.4 is 4.74 Å². The van der Waals surface area contributed by atoms with Gasteiger partial charge in [-0.1, -0.05) is 0 Å². The van der Waals surface area contributed by atoms with Gasteiger partial charge in [-0.15, -0.1) is 0 Å². The summed E-state index contributed by atoms with van der Waals surface area (Å²) >= 11 is 0. The van der Waals surface area contributed by atoms with Gasteiger partial charge in [0.05, 0.1) is 11.1 Å². The molecule has 0 heterocycles. The van der Waals surface area contributed by atoms with Gasteiger partial charge in [-0.2, -0.15) is 43.9 Å². The average molecular weight is 330 g/mol. The average Bonchev–Trinajstić information content (AvgIpc) is 2.24. The lowest BCUT2D eigenvalue weighted by Gasteiger charge is -2.17. The van der Waals surface area contributed by atoms with Gasteiger partial charge in [0.2, 0.25) is 0 Å². The van der Waals surface area contributed by atoms with Crippen molar-refractivity contribution in [3.8, 4) is 5.75 Å². The Morgan fingerprint density at radius 2 is 1.10 bits per heavy atom. The van der Waals surface area contributed by atoms with Gasteiger partial charge in [0.15, 0.2) is 0 Å². The summed E-state index contributed by atoms with van der Waals surface area (Å²) in [5.74, 6) is -1.54. The molecule has 0 radical (unpaired) electrons. The molecule has 0 saturated carbocycles. The summed E-state index contributed by atoms with van der Waals surface area (Å²) in [5.41, 5.74) is -3.83. The van der Waals surface area contributed by atoms with E-state index >= 15 is 0 Å². The Labute approximate surface area is 110 Å². The zero-order chi connectivity index (χ0) is 16.6. The van der Waals surface area contributed by atoms with E-state index in [0.717, 1.165) is 0 Å². The maximum Gasteiger partial charge on any atom is 0.457 e. The second-order valence-corrected chi connectivity index (χ2v) is 3.72. The smallest absolute Gasteiger partial charge is 0.452 e. The first kappa shape index (κ1) is 17.4. The molecule has 0 N–H and O–H groups in total. The van der Waals surface area contributed by atoms with Crippen LogP contribution in [0.4, 0.5) is 43.9 Å². The summed E-state index contributed by atoms with van der Waals surface area (Å²) in [7, 11) is 0. The molecule has 11 heteroatoms. The van der Waals surface area contributed by atoms with Gasteiger partial charge in [0.1, 0.15) is 5.75 Å². The zero-order valence-corrected chi connectivity index (χ0v) is 9.50. The van der Waals surface area contributed by atoms with Crippen molar-refractivity contribution in [3.05, 3.63) is 29.3 Å². The van der Waals surface area contributed by atoms with Crippen molar-refractivity contribution in [2.24, 2.45) is 0 Å². The van der Waals surface area contributed by atoms with Crippen LogP contribution in [-0.2, 0) is 12.4 Å². The van der Waals surface area contributed by atoms with Gasteiger partial charge in [0, 0.05) is 0 Å². The number of hydrogen-bond donors (Lipinski definition) is 0. The molecule has 0 saturated heterocycles. The second-order valence-electron chi connectivity index (χ2n) is 3.72. The maximum absolute atomic E-state index is 12.5. The van der Waals surface area contributed by atoms with Crippen molar-refractivity contribution >= 4 is 0 Å². The lowest BCUT2D eigenvalue weighted by atomic mass is 10.1. The molecule has 0 aliphatic carbocycles. The number of rotatable bonds is 2. The van der Waals surface area contributed by atoms with Gasteiger partial charge in [-0.25, -0.2) is 0 Å². The number of benzene rings is 1. The molecule has 0 bridgehead atoms. The van der Waals surface area contributed by atoms with E-state index in [2.05, 4.69) is 4.74 Å². The fourth-order valence-electron chi connectivity index (χ4n) is 1.18. The molecule has 120 valence electrons. The van der Waals surface area contributed by atoms with Gasteiger partial charge in [0.25, 0.3) is 0 Å². The van der Waals surface area contributed by atoms with E-state index in [0.29, 0.717) is 0 Å². The van der Waals surface area contributed by atoms with E-state index in [9.17, 15) is 43.9 Å². The summed E-state index contributed by atoms with van der Waals surface area (Å²) in [6.45, 7) is 0. The third-order valence-electron chi connectivity index (χ3n) is 2.06. The molecule has 0 aromatic heterocycles. The Morgan fingerprint density at radius 1 is 0.714 bits per heavy atom. The third-order valence-corrected chi connectivity index (χ3v) is 2.06. The molecule has 0 aliphatic rings. The van der Waals surface area contributed by atoms with Crippen LogP contribution in [0.5, 0.6) is 5.75 Å². The lowest BCUT2D eigenvalue weighted by Crippen LogP contribution is -2.30. The molecule has 1 nitrogen and oxygen atoms in total. The summed E-state index contributed by atoms with van der Waals surface area (Å²) in [4.78, 5) is 0. The van der Waals surface area contributed by atoms with Crippen LogP contribution in [0.1, 0.15) is 11.1 Å². The fourth-order valence-corrected chi connectivity index (χ4v) is 1.18. The topological polar surface area (TPSA) is 9.23 Å². The first-order valence-corrected chi connectivity index (χ1v) is 4.88. The van der Waals surface area contributed by atoms with Crippen molar-refractivity contribution in [2.75, 3.05) is 0 Å². The van der Waals surface area contributed by atoms with Gasteiger partial charge < -0.3 is 4.74 Å². The summed E-state index contributed by atoms with van der Waals surface area (Å²) in [5, 5.41) is 0. The van der Waals surface area contributed by atoms with Crippen LogP contribution in [0, 0.1) is 0 Å². The predicted octanol–water partition coefficient (Wildman–Crippen LogP) is 4.96. The van der Waals surface area contributed by atoms with Gasteiger partial charge in [-0.05, 0) is 18.2 Å². The van der Waals surface area contributed by atoms with Crippen molar-refractivity contribution in [2.45, 2.75) is 24.9 Å². The molecule has 0 aliphatic heterocycles. The Bertz CT molecular complexity index is 466. The number of halogens is 10. The number of alkyl halides is 10. The van der Waals surface area contributed by atoms with Crippen molar-refractivity contribution in [3.63, 3.8) is 0 Å². The Hall–Kier alpha value is -1.68. The number of ether oxygens (including phenoxy) is 1. The summed E-state index contributed by atoms with van der Waals surface area (Å²) < 4.78 is 126. The highest BCUT2D eigenvalue weighted by Crippen LogP contribution is 2.39. The Kier molecular flexibility index (Phi) is 4.35. The molecule has 0 spiro atoms. The van der Waals surface area contributed by atoms with Gasteiger partial charge >= 0.3 is 24.9 Å². The fraction of sp³-hybridized carbons (Fsp3) is 0.400. The number of hydrogen-bond acceptors (Lipinski definition) is 1. The molecule has 21 heavy (non-hydrogen) atoms. The quantitative estimate of drug-likeness (QED) is 0.697. The van der Waals surface area contributed by atoms with E-state index in [-0.39, 0.29) is 18.2 Å². The molecule has 1 atom stereocenters. The first-order chi connectivity index (χ1) is 9.21. The van der Waals surface area contributed by atoms with E-state index in [1.165, 1.54) is 0 Å². The Morgan fingerprint density at radius 3 is 1.38 bits per heavy atom. The second kappa shape index (κ2) is 5.26. The minimum absolute atomic E-state index is 0.159. The minimum atomic E-state index is -5.59. The van der Waals surface area contributed by atoms with Crippen LogP contribution in [0.15, 0.2) is 18.2 Å². The normalized spacial score (nSPS) is 15.0. The molecule has 1 aromatic rings. The van der Waals surface area contributed by atoms with Crippen molar-refractivity contribution in [1.82, 2.24) is 0 Å². The molecule has 0 fully saturated rings. The third kappa shape index (κ3) is 4.67. The summed E-state index contributed by atoms with van der Waals surface area (Å²) in [6.07, 6.45) is -20.2. The molecular weight excluding hydrogens is 326 g/mol. The lowest BCUT2D eigenvalue weighted by molar-refractivity contribution is -0.236. The van der Waals surface area contributed by atoms with Crippen molar-refractivity contribution in [1.29, 1.82) is 0 Å². The first-order valence-electron chi connectivity index (χ1n) is 4.88. The Balaban J connectivity index is 3.27. The predicted molar refractivity (Wildman–Crippen MR) is 48.0 cm³/mol. The molecule has 1 unspecified atom stereocenters.